The number of unbranched alkanes of at least 4 members (excludes halogenated alkanes) is 5. The molecule has 0 bridgehead atoms. The number of phenolic OH excluding ortho intramolecular Hbond substituents is 1. The zero-order valence-electron chi connectivity index (χ0n) is 14.7. The Labute approximate surface area is 135 Å². The fourth-order valence-electron chi connectivity index (χ4n) is 3.58. The number of hydrogen-bond donors (Lipinski definition) is 1. The highest BCUT2D eigenvalue weighted by Crippen LogP contribution is 2.43. The van der Waals surface area contributed by atoms with Gasteiger partial charge in [-0.3, -0.25) is 0 Å². The van der Waals surface area contributed by atoms with Crippen molar-refractivity contribution in [1.29, 1.82) is 0 Å². The van der Waals surface area contributed by atoms with Gasteiger partial charge in [-0.1, -0.05) is 46.0 Å². The molecular weight excluding hydrogens is 272 g/mol. The number of ether oxygens (including phenoxy) is 1. The molecule has 1 aliphatic heterocycles. The molecule has 0 aliphatic carbocycles. The summed E-state index contributed by atoms with van der Waals surface area (Å²) >= 11 is 0. The van der Waals surface area contributed by atoms with Crippen molar-refractivity contribution in [2.45, 2.75) is 90.6 Å². The first-order valence-electron chi connectivity index (χ1n) is 8.98. The van der Waals surface area contributed by atoms with Crippen molar-refractivity contribution in [2.24, 2.45) is 0 Å². The lowest BCUT2D eigenvalue weighted by Gasteiger charge is -2.36. The normalized spacial score (nSPS) is 19.5. The Bertz CT molecular complexity index is 491. The lowest BCUT2D eigenvalue weighted by atomic mass is 9.85. The van der Waals surface area contributed by atoms with Crippen LogP contribution in [0.4, 0.5) is 0 Å². The van der Waals surface area contributed by atoms with Gasteiger partial charge in [0.15, 0.2) is 0 Å². The average molecular weight is 304 g/mol. The Morgan fingerprint density at radius 2 is 1.82 bits per heavy atom. The zero-order valence-corrected chi connectivity index (χ0v) is 14.7. The van der Waals surface area contributed by atoms with Crippen LogP contribution >= 0.6 is 0 Å². The van der Waals surface area contributed by atoms with Gasteiger partial charge in [0.1, 0.15) is 17.1 Å². The molecule has 22 heavy (non-hydrogen) atoms. The van der Waals surface area contributed by atoms with Gasteiger partial charge in [0.25, 0.3) is 0 Å². The molecule has 0 radical (unpaired) electrons. The molecule has 0 spiro atoms. The van der Waals surface area contributed by atoms with Crippen molar-refractivity contribution in [1.82, 2.24) is 0 Å². The van der Waals surface area contributed by atoms with Crippen LogP contribution in [-0.4, -0.2) is 10.7 Å². The van der Waals surface area contributed by atoms with E-state index < -0.39 is 0 Å². The first kappa shape index (κ1) is 17.2. The number of aromatic hydroxyl groups is 1. The van der Waals surface area contributed by atoms with Crippen molar-refractivity contribution >= 4 is 0 Å². The Balaban J connectivity index is 1.98. The Kier molecular flexibility index (Phi) is 5.77. The van der Waals surface area contributed by atoms with Crippen molar-refractivity contribution < 1.29 is 9.84 Å². The smallest absolute Gasteiger partial charge is 0.124 e. The highest BCUT2D eigenvalue weighted by molar-refractivity contribution is 5.48. The van der Waals surface area contributed by atoms with Crippen LogP contribution in [0.5, 0.6) is 11.5 Å². The summed E-state index contributed by atoms with van der Waals surface area (Å²) < 4.78 is 6.13. The van der Waals surface area contributed by atoms with Gasteiger partial charge in [-0.15, -0.1) is 0 Å². The zero-order chi connectivity index (χ0) is 16.2. The molecular formula is C20H32O2. The van der Waals surface area contributed by atoms with Gasteiger partial charge in [-0.05, 0) is 56.7 Å². The molecule has 2 rings (SSSR count). The van der Waals surface area contributed by atoms with Gasteiger partial charge in [0, 0.05) is 5.56 Å². The molecule has 1 N–H and O–H groups in total. The molecule has 0 aromatic heterocycles. The maximum absolute atomic E-state index is 10.3. The molecule has 1 unspecified atom stereocenters. The van der Waals surface area contributed by atoms with E-state index >= 15 is 0 Å². The van der Waals surface area contributed by atoms with Crippen molar-refractivity contribution in [3.05, 3.63) is 23.3 Å². The molecule has 1 aromatic carbocycles. The molecule has 2 heteroatoms. The molecule has 0 saturated carbocycles. The molecule has 1 atom stereocenters. The van der Waals surface area contributed by atoms with E-state index in [1.165, 1.54) is 32.1 Å². The van der Waals surface area contributed by atoms with Gasteiger partial charge >= 0.3 is 0 Å². The second kappa shape index (κ2) is 7.39. The first-order valence-corrected chi connectivity index (χ1v) is 8.98. The summed E-state index contributed by atoms with van der Waals surface area (Å²) in [6.07, 6.45) is 9.61. The molecule has 0 fully saturated rings. The third-order valence-corrected chi connectivity index (χ3v) is 4.73. The second-order valence-corrected chi connectivity index (χ2v) is 7.50. The van der Waals surface area contributed by atoms with Gasteiger partial charge in [-0.25, -0.2) is 0 Å². The monoisotopic (exact) mass is 304 g/mol. The fourth-order valence-corrected chi connectivity index (χ4v) is 3.58. The molecule has 1 aliphatic rings. The topological polar surface area (TPSA) is 29.5 Å². The third-order valence-electron chi connectivity index (χ3n) is 4.73. The van der Waals surface area contributed by atoms with Gasteiger partial charge in [0.05, 0.1) is 0 Å². The minimum Gasteiger partial charge on any atom is -0.508 e. The number of phenols is 1. The van der Waals surface area contributed by atoms with E-state index in [-0.39, 0.29) is 5.60 Å². The summed E-state index contributed by atoms with van der Waals surface area (Å²) in [5.41, 5.74) is 2.09. The van der Waals surface area contributed by atoms with E-state index in [1.807, 2.05) is 6.07 Å². The summed E-state index contributed by atoms with van der Waals surface area (Å²) in [5, 5.41) is 10.3. The summed E-state index contributed by atoms with van der Waals surface area (Å²) in [6.45, 7) is 8.75. The fraction of sp³-hybridized carbons (Fsp3) is 0.700. The molecule has 0 amide bonds. The van der Waals surface area contributed by atoms with Crippen LogP contribution in [0.2, 0.25) is 0 Å². The van der Waals surface area contributed by atoms with Gasteiger partial charge in [-0.2, -0.15) is 0 Å². The standard InChI is InChI=1S/C20H32O2/c1-5-6-7-8-9-10-11-16-12-19-17(13-18(16)21)15(2)14-20(3,4)22-19/h12-13,15,21H,5-11,14H2,1-4H3. The largest absolute Gasteiger partial charge is 0.508 e. The lowest BCUT2D eigenvalue weighted by molar-refractivity contribution is 0.0743. The molecule has 0 saturated heterocycles. The van der Waals surface area contributed by atoms with Crippen LogP contribution < -0.4 is 4.74 Å². The number of hydrogen-bond acceptors (Lipinski definition) is 2. The average Bonchev–Trinajstić information content (AvgIpc) is 2.43. The van der Waals surface area contributed by atoms with E-state index in [4.69, 9.17) is 4.74 Å². The molecule has 1 aromatic rings. The van der Waals surface area contributed by atoms with E-state index in [0.29, 0.717) is 11.7 Å². The highest BCUT2D eigenvalue weighted by atomic mass is 16.5. The van der Waals surface area contributed by atoms with E-state index in [9.17, 15) is 5.11 Å². The Morgan fingerprint density at radius 1 is 1.14 bits per heavy atom. The minimum absolute atomic E-state index is 0.110. The van der Waals surface area contributed by atoms with Crippen molar-refractivity contribution in [3.8, 4) is 11.5 Å². The first-order chi connectivity index (χ1) is 10.4. The van der Waals surface area contributed by atoms with Crippen LogP contribution in [0.1, 0.15) is 89.7 Å². The third kappa shape index (κ3) is 4.41. The summed E-state index contributed by atoms with van der Waals surface area (Å²) in [4.78, 5) is 0. The van der Waals surface area contributed by atoms with E-state index in [2.05, 4.69) is 33.8 Å². The Hall–Kier alpha value is -1.18. The number of rotatable bonds is 7. The quantitative estimate of drug-likeness (QED) is 0.630. The molecule has 2 nitrogen and oxygen atoms in total. The SMILES string of the molecule is CCCCCCCCc1cc2c(cc1O)C(C)CC(C)(C)O2. The van der Waals surface area contributed by atoms with Crippen LogP contribution in [0.25, 0.3) is 0 Å². The maximum Gasteiger partial charge on any atom is 0.124 e. The maximum atomic E-state index is 10.3. The van der Waals surface area contributed by atoms with Crippen LogP contribution in [0, 0.1) is 0 Å². The van der Waals surface area contributed by atoms with Gasteiger partial charge < -0.3 is 9.84 Å². The van der Waals surface area contributed by atoms with E-state index in [1.54, 1.807) is 0 Å². The van der Waals surface area contributed by atoms with Crippen LogP contribution in [0.3, 0.4) is 0 Å². The number of aryl methyl sites for hydroxylation is 1. The molecule has 124 valence electrons. The summed E-state index contributed by atoms with van der Waals surface area (Å²) in [6, 6.07) is 4.01. The van der Waals surface area contributed by atoms with Crippen molar-refractivity contribution in [3.63, 3.8) is 0 Å². The summed E-state index contributed by atoms with van der Waals surface area (Å²) in [7, 11) is 0. The Morgan fingerprint density at radius 3 is 2.55 bits per heavy atom. The van der Waals surface area contributed by atoms with Crippen LogP contribution in [0.15, 0.2) is 12.1 Å². The molecule has 1 heterocycles. The number of benzene rings is 1. The lowest BCUT2D eigenvalue weighted by Crippen LogP contribution is -2.34. The van der Waals surface area contributed by atoms with Crippen molar-refractivity contribution in [2.75, 3.05) is 0 Å². The van der Waals surface area contributed by atoms with Gasteiger partial charge in [0.2, 0.25) is 0 Å². The number of fused-ring (bicyclic) bond motifs is 1. The predicted molar refractivity (Wildman–Crippen MR) is 92.9 cm³/mol. The summed E-state index contributed by atoms with van der Waals surface area (Å²) in [5.74, 6) is 1.86. The minimum atomic E-state index is -0.110. The highest BCUT2D eigenvalue weighted by Gasteiger charge is 2.32. The van der Waals surface area contributed by atoms with E-state index in [0.717, 1.165) is 36.1 Å². The second-order valence-electron chi connectivity index (χ2n) is 7.50. The predicted octanol–water partition coefficient (Wildman–Crippen LogP) is 5.96. The van der Waals surface area contributed by atoms with Crippen LogP contribution in [-0.2, 0) is 6.42 Å².